The molecule has 0 spiro atoms. The average Bonchev–Trinajstić information content (AvgIpc) is 3.38. The maximum absolute atomic E-state index is 14.2. The molecule has 2 bridgehead atoms. The number of methoxy groups -OCH3 is 1. The van der Waals surface area contributed by atoms with E-state index in [2.05, 4.69) is 46.3 Å². The number of nitrogens with zero attached hydrogens (tertiary/aromatic N) is 2. The number of carbonyl (C=O) groups excluding carboxylic acids is 1. The minimum atomic E-state index is -0.596. The summed E-state index contributed by atoms with van der Waals surface area (Å²) in [6.07, 6.45) is 5.52. The van der Waals surface area contributed by atoms with E-state index in [1.807, 2.05) is 18.2 Å². The molecule has 0 saturated carbocycles. The minimum absolute atomic E-state index is 0.246. The van der Waals surface area contributed by atoms with Gasteiger partial charge < -0.3 is 9.64 Å². The van der Waals surface area contributed by atoms with Gasteiger partial charge in [0.25, 0.3) is 0 Å². The van der Waals surface area contributed by atoms with E-state index in [1.165, 1.54) is 16.7 Å². The fraction of sp³-hybridized carbons (Fsp3) is 0.357. The zero-order valence-corrected chi connectivity index (χ0v) is 19.5. The highest BCUT2D eigenvalue weighted by molar-refractivity contribution is 6.30. The lowest BCUT2D eigenvalue weighted by molar-refractivity contribution is -0.137. The van der Waals surface area contributed by atoms with E-state index >= 15 is 0 Å². The van der Waals surface area contributed by atoms with Gasteiger partial charge in [-0.3, -0.25) is 4.79 Å². The van der Waals surface area contributed by atoms with Gasteiger partial charge in [-0.25, -0.2) is 4.98 Å². The Morgan fingerprint density at radius 2 is 1.88 bits per heavy atom. The molecule has 0 N–H and O–H groups in total. The van der Waals surface area contributed by atoms with Crippen LogP contribution >= 0.6 is 11.6 Å². The predicted octanol–water partition coefficient (Wildman–Crippen LogP) is 5.36. The zero-order valence-electron chi connectivity index (χ0n) is 18.8. The molecule has 0 radical (unpaired) electrons. The summed E-state index contributed by atoms with van der Waals surface area (Å²) in [5.41, 5.74) is 5.42. The topological polar surface area (TPSA) is 42.4 Å². The van der Waals surface area contributed by atoms with E-state index in [0.29, 0.717) is 16.8 Å². The Bertz CT molecular complexity index is 1230. The SMILES string of the molecule is COc1ncccc1CC1CCN(C(=O)[C@@]23C[C@@H](c4ccccc42)c2ccc(Cl)cc23)CC1. The first kappa shape index (κ1) is 20.7. The summed E-state index contributed by atoms with van der Waals surface area (Å²) in [7, 11) is 1.67. The molecule has 33 heavy (non-hydrogen) atoms. The van der Waals surface area contributed by atoms with Crippen molar-refractivity contribution in [2.24, 2.45) is 5.92 Å². The summed E-state index contributed by atoms with van der Waals surface area (Å²) in [6.45, 7) is 1.58. The fourth-order valence-electron chi connectivity index (χ4n) is 6.45. The number of pyridine rings is 1. The lowest BCUT2D eigenvalue weighted by Crippen LogP contribution is -2.49. The third kappa shape index (κ3) is 3.11. The fourth-order valence-corrected chi connectivity index (χ4v) is 6.62. The number of benzene rings is 2. The summed E-state index contributed by atoms with van der Waals surface area (Å²) in [6, 6.07) is 18.7. The number of likely N-dealkylation sites (tertiary alicyclic amines) is 1. The summed E-state index contributed by atoms with van der Waals surface area (Å²) >= 11 is 6.42. The van der Waals surface area contributed by atoms with Crippen LogP contribution in [0.3, 0.4) is 0 Å². The lowest BCUT2D eigenvalue weighted by Gasteiger charge is -2.39. The van der Waals surface area contributed by atoms with Crippen LogP contribution < -0.4 is 4.74 Å². The van der Waals surface area contributed by atoms with Crippen molar-refractivity contribution in [3.63, 3.8) is 0 Å². The summed E-state index contributed by atoms with van der Waals surface area (Å²) in [5.74, 6) is 1.77. The van der Waals surface area contributed by atoms with Gasteiger partial charge in [0.15, 0.2) is 0 Å². The Morgan fingerprint density at radius 1 is 1.09 bits per heavy atom. The molecule has 168 valence electrons. The highest BCUT2D eigenvalue weighted by atomic mass is 35.5. The second kappa shape index (κ2) is 7.88. The molecule has 1 amide bonds. The van der Waals surface area contributed by atoms with Crippen molar-refractivity contribution in [3.05, 3.63) is 93.6 Å². The molecule has 0 unspecified atom stereocenters. The van der Waals surface area contributed by atoms with Crippen LogP contribution in [-0.4, -0.2) is 36.0 Å². The summed E-state index contributed by atoms with van der Waals surface area (Å²) in [5, 5.41) is 0.704. The van der Waals surface area contributed by atoms with E-state index in [0.717, 1.165) is 49.9 Å². The number of rotatable bonds is 4. The number of amides is 1. The second-order valence-electron chi connectivity index (χ2n) is 9.59. The van der Waals surface area contributed by atoms with Crippen LogP contribution in [0.4, 0.5) is 0 Å². The van der Waals surface area contributed by atoms with Crippen LogP contribution in [0, 0.1) is 5.92 Å². The summed E-state index contributed by atoms with van der Waals surface area (Å²) in [4.78, 5) is 20.7. The number of hydrogen-bond acceptors (Lipinski definition) is 3. The van der Waals surface area contributed by atoms with Crippen LogP contribution in [0.5, 0.6) is 5.88 Å². The van der Waals surface area contributed by atoms with Crippen LogP contribution in [0.25, 0.3) is 0 Å². The molecule has 6 rings (SSSR count). The van der Waals surface area contributed by atoms with Gasteiger partial charge in [0.2, 0.25) is 11.8 Å². The molecule has 4 nitrogen and oxygen atoms in total. The van der Waals surface area contributed by atoms with Crippen molar-refractivity contribution in [2.75, 3.05) is 20.2 Å². The number of halogens is 1. The molecule has 1 aliphatic heterocycles. The van der Waals surface area contributed by atoms with E-state index < -0.39 is 5.41 Å². The van der Waals surface area contributed by atoms with Gasteiger partial charge in [-0.1, -0.05) is 48.0 Å². The first-order valence-corrected chi connectivity index (χ1v) is 12.2. The molecule has 5 heteroatoms. The predicted molar refractivity (Wildman–Crippen MR) is 129 cm³/mol. The number of aromatic nitrogens is 1. The number of fused-ring (bicyclic) bond motifs is 8. The van der Waals surface area contributed by atoms with Gasteiger partial charge in [-0.05, 0) is 72.1 Å². The smallest absolute Gasteiger partial charge is 0.237 e. The summed E-state index contributed by atoms with van der Waals surface area (Å²) < 4.78 is 5.44. The first-order valence-electron chi connectivity index (χ1n) is 11.8. The second-order valence-corrected chi connectivity index (χ2v) is 10.0. The lowest BCUT2D eigenvalue weighted by atomic mass is 9.73. The van der Waals surface area contributed by atoms with Crippen molar-refractivity contribution in [3.8, 4) is 5.88 Å². The maximum atomic E-state index is 14.2. The third-order valence-corrected chi connectivity index (χ3v) is 8.21. The normalized spacial score (nSPS) is 23.3. The van der Waals surface area contributed by atoms with Gasteiger partial charge in [-0.2, -0.15) is 0 Å². The molecule has 1 aromatic heterocycles. The molecule has 1 saturated heterocycles. The molecular weight excluding hydrogens is 432 g/mol. The molecule has 3 aromatic rings. The highest BCUT2D eigenvalue weighted by Crippen LogP contribution is 2.61. The standard InChI is InChI=1S/C28H27ClN2O2/c1-33-26-19(5-4-12-30-26)15-18-10-13-31(14-11-18)27(32)28-17-23(21-6-2-3-7-24(21)28)22-9-8-20(29)16-25(22)28/h2-9,12,16,18,23H,10-11,13-15,17H2,1H3/t23-,28-/m0/s1. The Kier molecular flexibility index (Phi) is 4.95. The number of carbonyl (C=O) groups is 1. The zero-order chi connectivity index (χ0) is 22.6. The minimum Gasteiger partial charge on any atom is -0.481 e. The Hall–Kier alpha value is -2.85. The van der Waals surface area contributed by atoms with E-state index in [1.54, 1.807) is 13.3 Å². The van der Waals surface area contributed by atoms with Crippen LogP contribution in [0.1, 0.15) is 53.0 Å². The van der Waals surface area contributed by atoms with Gasteiger partial charge in [-0.15, -0.1) is 0 Å². The maximum Gasteiger partial charge on any atom is 0.237 e. The van der Waals surface area contributed by atoms with Crippen LogP contribution in [0.2, 0.25) is 5.02 Å². The number of ether oxygens (including phenoxy) is 1. The first-order chi connectivity index (χ1) is 16.1. The Morgan fingerprint density at radius 3 is 2.70 bits per heavy atom. The molecule has 2 aromatic carbocycles. The van der Waals surface area contributed by atoms with Gasteiger partial charge >= 0.3 is 0 Å². The molecule has 2 heterocycles. The van der Waals surface area contributed by atoms with Crippen molar-refractivity contribution < 1.29 is 9.53 Å². The van der Waals surface area contributed by atoms with E-state index in [-0.39, 0.29) is 11.8 Å². The number of piperidine rings is 1. The Labute approximate surface area is 199 Å². The van der Waals surface area contributed by atoms with Gasteiger partial charge in [0, 0.05) is 35.8 Å². The Balaban J connectivity index is 1.26. The van der Waals surface area contributed by atoms with Crippen LogP contribution in [0.15, 0.2) is 60.8 Å². The molecule has 3 aliphatic rings. The molecule has 1 fully saturated rings. The number of hydrogen-bond donors (Lipinski definition) is 0. The molecule has 2 atom stereocenters. The highest BCUT2D eigenvalue weighted by Gasteiger charge is 2.58. The van der Waals surface area contributed by atoms with Crippen molar-refractivity contribution in [1.29, 1.82) is 0 Å². The van der Waals surface area contributed by atoms with Gasteiger partial charge in [0.1, 0.15) is 5.41 Å². The third-order valence-electron chi connectivity index (χ3n) is 7.98. The van der Waals surface area contributed by atoms with Gasteiger partial charge in [0.05, 0.1) is 7.11 Å². The van der Waals surface area contributed by atoms with Crippen molar-refractivity contribution in [2.45, 2.75) is 37.0 Å². The van der Waals surface area contributed by atoms with E-state index in [4.69, 9.17) is 16.3 Å². The largest absolute Gasteiger partial charge is 0.481 e. The van der Waals surface area contributed by atoms with Crippen molar-refractivity contribution in [1.82, 2.24) is 9.88 Å². The van der Waals surface area contributed by atoms with E-state index in [9.17, 15) is 4.79 Å². The van der Waals surface area contributed by atoms with Crippen LogP contribution in [-0.2, 0) is 16.6 Å². The average molecular weight is 459 g/mol. The van der Waals surface area contributed by atoms with Crippen molar-refractivity contribution >= 4 is 17.5 Å². The molecular formula is C28H27ClN2O2. The molecule has 2 aliphatic carbocycles. The quantitative estimate of drug-likeness (QED) is 0.528. The monoisotopic (exact) mass is 458 g/mol.